The highest BCUT2D eigenvalue weighted by Gasteiger charge is 2.34. The van der Waals surface area contributed by atoms with Crippen molar-refractivity contribution in [2.75, 3.05) is 11.4 Å². The summed E-state index contributed by atoms with van der Waals surface area (Å²) in [5, 5.41) is 4.25. The quantitative estimate of drug-likeness (QED) is 0.914. The van der Waals surface area contributed by atoms with Gasteiger partial charge in [0.2, 0.25) is 0 Å². The lowest BCUT2D eigenvalue weighted by Gasteiger charge is -2.22. The van der Waals surface area contributed by atoms with Crippen LogP contribution in [0.2, 0.25) is 0 Å². The van der Waals surface area contributed by atoms with Crippen molar-refractivity contribution in [2.24, 2.45) is 0 Å². The lowest BCUT2D eigenvalue weighted by Crippen LogP contribution is -2.45. The summed E-state index contributed by atoms with van der Waals surface area (Å²) in [6.07, 6.45) is 3.15. The Labute approximate surface area is 130 Å². The first-order valence-electron chi connectivity index (χ1n) is 6.34. The topological polar surface area (TPSA) is 79.4 Å². The van der Waals surface area contributed by atoms with Crippen LogP contribution in [0.15, 0.2) is 33.3 Å². The molecule has 1 N–H and O–H groups in total. The molecule has 112 valence electrons. The number of sulfonamides is 1. The van der Waals surface area contributed by atoms with Crippen LogP contribution in [-0.2, 0) is 14.8 Å². The van der Waals surface area contributed by atoms with Gasteiger partial charge >= 0.3 is 0 Å². The van der Waals surface area contributed by atoms with Gasteiger partial charge in [-0.2, -0.15) is 0 Å². The number of hydrogen-bond acceptors (Lipinski definition) is 7. The average Bonchev–Trinajstić information content (AvgIpc) is 3.19. The number of amides is 1. The molecular weight excluding hydrogens is 330 g/mol. The van der Waals surface area contributed by atoms with E-state index in [4.69, 9.17) is 0 Å². The Kier molecular flexibility index (Phi) is 3.96. The molecular formula is C12H13N3O3S3. The van der Waals surface area contributed by atoms with Gasteiger partial charge in [-0.1, -0.05) is 6.07 Å². The smallest absolute Gasteiger partial charge is 0.273 e. The third-order valence-corrected chi connectivity index (χ3v) is 6.77. The van der Waals surface area contributed by atoms with Crippen LogP contribution < -0.4 is 9.62 Å². The minimum Gasteiger partial charge on any atom is -0.336 e. The van der Waals surface area contributed by atoms with Crippen molar-refractivity contribution in [2.45, 2.75) is 23.1 Å². The van der Waals surface area contributed by atoms with Crippen LogP contribution in [-0.4, -0.2) is 31.9 Å². The van der Waals surface area contributed by atoms with E-state index in [1.54, 1.807) is 17.6 Å². The number of aromatic nitrogens is 1. The van der Waals surface area contributed by atoms with Crippen LogP contribution in [0.4, 0.5) is 5.13 Å². The first-order valence-corrected chi connectivity index (χ1v) is 9.58. The second-order valence-corrected chi connectivity index (χ2v) is 8.30. The maximum absolute atomic E-state index is 12.3. The molecule has 9 heteroatoms. The summed E-state index contributed by atoms with van der Waals surface area (Å²) >= 11 is 2.53. The van der Waals surface area contributed by atoms with Crippen LogP contribution in [0.3, 0.4) is 0 Å². The zero-order valence-electron chi connectivity index (χ0n) is 10.9. The van der Waals surface area contributed by atoms with E-state index in [2.05, 4.69) is 9.71 Å². The molecule has 0 bridgehead atoms. The Morgan fingerprint density at radius 3 is 2.90 bits per heavy atom. The van der Waals surface area contributed by atoms with E-state index >= 15 is 0 Å². The van der Waals surface area contributed by atoms with Crippen molar-refractivity contribution >= 4 is 43.7 Å². The molecule has 1 saturated heterocycles. The number of thiazole rings is 1. The molecule has 6 nitrogen and oxygen atoms in total. The average molecular weight is 343 g/mol. The number of rotatable bonds is 4. The summed E-state index contributed by atoms with van der Waals surface area (Å²) in [6.45, 7) is 0.713. The van der Waals surface area contributed by atoms with Gasteiger partial charge in [-0.05, 0) is 24.3 Å². The summed E-state index contributed by atoms with van der Waals surface area (Å²) < 4.78 is 26.5. The highest BCUT2D eigenvalue weighted by Crippen LogP contribution is 2.27. The van der Waals surface area contributed by atoms with E-state index in [9.17, 15) is 13.2 Å². The molecule has 0 aromatic carbocycles. The van der Waals surface area contributed by atoms with Gasteiger partial charge in [0.25, 0.3) is 15.9 Å². The fourth-order valence-corrected chi connectivity index (χ4v) is 5.02. The van der Waals surface area contributed by atoms with Crippen molar-refractivity contribution in [3.05, 3.63) is 29.1 Å². The SMILES string of the molecule is O=C(NS(=O)(=O)c1cccs1)C1CCCN1c1nccs1. The van der Waals surface area contributed by atoms with Crippen molar-refractivity contribution in [3.8, 4) is 0 Å². The first kappa shape index (κ1) is 14.5. The molecule has 1 amide bonds. The van der Waals surface area contributed by atoms with Gasteiger partial charge in [-0.15, -0.1) is 22.7 Å². The van der Waals surface area contributed by atoms with Crippen molar-refractivity contribution in [1.29, 1.82) is 0 Å². The number of nitrogens with one attached hydrogen (secondary N) is 1. The second-order valence-electron chi connectivity index (χ2n) is 4.57. The molecule has 3 rings (SSSR count). The fraction of sp³-hybridized carbons (Fsp3) is 0.333. The summed E-state index contributed by atoms with van der Waals surface area (Å²) in [6, 6.07) is 2.64. The van der Waals surface area contributed by atoms with Gasteiger partial charge < -0.3 is 4.90 Å². The maximum Gasteiger partial charge on any atom is 0.273 e. The summed E-state index contributed by atoms with van der Waals surface area (Å²) in [7, 11) is -3.77. The molecule has 2 aromatic heterocycles. The van der Waals surface area contributed by atoms with Crippen LogP contribution >= 0.6 is 22.7 Å². The second kappa shape index (κ2) is 5.74. The van der Waals surface area contributed by atoms with Crippen LogP contribution in [0.5, 0.6) is 0 Å². The minimum absolute atomic E-state index is 0.148. The number of anilines is 1. The molecule has 1 fully saturated rings. The zero-order valence-corrected chi connectivity index (χ0v) is 13.4. The predicted molar refractivity (Wildman–Crippen MR) is 82.1 cm³/mol. The Balaban J connectivity index is 1.76. The van der Waals surface area contributed by atoms with Gasteiger partial charge in [0.15, 0.2) is 5.13 Å². The third-order valence-electron chi connectivity index (χ3n) is 3.22. The molecule has 1 atom stereocenters. The monoisotopic (exact) mass is 343 g/mol. The van der Waals surface area contributed by atoms with Gasteiger partial charge in [-0.25, -0.2) is 18.1 Å². The Hall–Kier alpha value is -1.45. The van der Waals surface area contributed by atoms with Crippen LogP contribution in [0.1, 0.15) is 12.8 Å². The van der Waals surface area contributed by atoms with Gasteiger partial charge in [0.1, 0.15) is 10.3 Å². The minimum atomic E-state index is -3.77. The van der Waals surface area contributed by atoms with Gasteiger partial charge in [-0.3, -0.25) is 4.79 Å². The lowest BCUT2D eigenvalue weighted by molar-refractivity contribution is -0.120. The largest absolute Gasteiger partial charge is 0.336 e. The van der Waals surface area contributed by atoms with E-state index in [1.165, 1.54) is 17.4 Å². The van der Waals surface area contributed by atoms with E-state index in [-0.39, 0.29) is 4.21 Å². The zero-order chi connectivity index (χ0) is 14.9. The fourth-order valence-electron chi connectivity index (χ4n) is 2.29. The molecule has 1 aliphatic heterocycles. The molecule has 0 aliphatic carbocycles. The van der Waals surface area contributed by atoms with Gasteiger partial charge in [0, 0.05) is 18.1 Å². The molecule has 0 radical (unpaired) electrons. The molecule has 1 unspecified atom stereocenters. The van der Waals surface area contributed by atoms with E-state index < -0.39 is 22.0 Å². The molecule has 0 spiro atoms. The van der Waals surface area contributed by atoms with Crippen molar-refractivity contribution in [1.82, 2.24) is 9.71 Å². The molecule has 3 heterocycles. The number of hydrogen-bond donors (Lipinski definition) is 1. The van der Waals surface area contributed by atoms with E-state index in [0.29, 0.717) is 13.0 Å². The number of carbonyl (C=O) groups is 1. The Morgan fingerprint density at radius 2 is 2.24 bits per heavy atom. The standard InChI is InChI=1S/C12H13N3O3S3/c16-11(14-21(17,18)10-4-2-7-19-10)9-3-1-6-15(9)12-13-5-8-20-12/h2,4-5,7-9H,1,3,6H2,(H,14,16). The Bertz CT molecular complexity index is 710. The first-order chi connectivity index (χ1) is 10.1. The van der Waals surface area contributed by atoms with Crippen LogP contribution in [0.25, 0.3) is 0 Å². The lowest BCUT2D eigenvalue weighted by atomic mass is 10.2. The summed E-state index contributed by atoms with van der Waals surface area (Å²) in [5.74, 6) is -0.490. The highest BCUT2D eigenvalue weighted by atomic mass is 32.2. The maximum atomic E-state index is 12.3. The Morgan fingerprint density at radius 1 is 1.38 bits per heavy atom. The molecule has 21 heavy (non-hydrogen) atoms. The third kappa shape index (κ3) is 2.94. The predicted octanol–water partition coefficient (Wildman–Crippen LogP) is 1.68. The number of nitrogens with zero attached hydrogens (tertiary/aromatic N) is 2. The molecule has 1 aliphatic rings. The molecule has 0 saturated carbocycles. The summed E-state index contributed by atoms with van der Waals surface area (Å²) in [5.41, 5.74) is 0. The van der Waals surface area contributed by atoms with Crippen molar-refractivity contribution in [3.63, 3.8) is 0 Å². The number of thiophene rings is 1. The van der Waals surface area contributed by atoms with E-state index in [0.717, 1.165) is 22.9 Å². The summed E-state index contributed by atoms with van der Waals surface area (Å²) in [4.78, 5) is 18.4. The highest BCUT2D eigenvalue weighted by molar-refractivity contribution is 7.92. The normalized spacial score (nSPS) is 18.9. The number of carbonyl (C=O) groups excluding carboxylic acids is 1. The molecule has 2 aromatic rings. The van der Waals surface area contributed by atoms with Gasteiger partial charge in [0.05, 0.1) is 0 Å². The van der Waals surface area contributed by atoms with Crippen LogP contribution in [0, 0.1) is 0 Å². The van der Waals surface area contributed by atoms with E-state index in [1.807, 2.05) is 10.3 Å². The van der Waals surface area contributed by atoms with Crippen molar-refractivity contribution < 1.29 is 13.2 Å².